The molecule has 5 nitrogen and oxygen atoms in total. The zero-order valence-electron chi connectivity index (χ0n) is 15.4. The fourth-order valence-corrected chi connectivity index (χ4v) is 4.96. The summed E-state index contributed by atoms with van der Waals surface area (Å²) in [6, 6.07) is 7.89. The Labute approximate surface area is 161 Å². The van der Waals surface area contributed by atoms with Crippen LogP contribution in [0.4, 0.5) is 0 Å². The van der Waals surface area contributed by atoms with Crippen molar-refractivity contribution in [1.29, 1.82) is 0 Å². The Balaban J connectivity index is 1.48. The first-order chi connectivity index (χ1) is 13.1. The van der Waals surface area contributed by atoms with E-state index in [-0.39, 0.29) is 11.9 Å². The van der Waals surface area contributed by atoms with Gasteiger partial charge in [0.1, 0.15) is 16.4 Å². The van der Waals surface area contributed by atoms with Crippen molar-refractivity contribution in [3.8, 4) is 5.75 Å². The monoisotopic (exact) mass is 379 g/mol. The predicted molar refractivity (Wildman–Crippen MR) is 106 cm³/mol. The third kappa shape index (κ3) is 2.88. The zero-order chi connectivity index (χ0) is 18.5. The molecule has 0 saturated heterocycles. The number of amides is 1. The van der Waals surface area contributed by atoms with Gasteiger partial charge in [0.2, 0.25) is 0 Å². The van der Waals surface area contributed by atoms with Crippen molar-refractivity contribution >= 4 is 27.5 Å². The summed E-state index contributed by atoms with van der Waals surface area (Å²) in [4.78, 5) is 24.2. The van der Waals surface area contributed by atoms with Gasteiger partial charge in [-0.2, -0.15) is 0 Å². The molecule has 0 bridgehead atoms. The Hall–Kier alpha value is -2.47. The zero-order valence-corrected chi connectivity index (χ0v) is 16.2. The number of ether oxygens (including phenoxy) is 1. The first-order valence-electron chi connectivity index (χ1n) is 9.42. The number of nitrogens with zero attached hydrogens (tertiary/aromatic N) is 2. The van der Waals surface area contributed by atoms with Crippen molar-refractivity contribution in [2.45, 2.75) is 45.1 Å². The average molecular weight is 379 g/mol. The number of benzene rings is 1. The Morgan fingerprint density at radius 2 is 2.00 bits per heavy atom. The van der Waals surface area contributed by atoms with Crippen LogP contribution in [0.15, 0.2) is 24.3 Å². The highest BCUT2D eigenvalue weighted by molar-refractivity contribution is 7.20. The Morgan fingerprint density at radius 1 is 1.19 bits per heavy atom. The van der Waals surface area contributed by atoms with Crippen LogP contribution in [0.5, 0.6) is 5.75 Å². The summed E-state index contributed by atoms with van der Waals surface area (Å²) in [7, 11) is 0. The molecule has 0 spiro atoms. The number of hydrogen-bond donors (Lipinski definition) is 1. The molecule has 2 aromatic heterocycles. The van der Waals surface area contributed by atoms with Crippen molar-refractivity contribution < 1.29 is 9.53 Å². The maximum atomic E-state index is 13.1. The highest BCUT2D eigenvalue weighted by Gasteiger charge is 2.29. The van der Waals surface area contributed by atoms with E-state index in [0.29, 0.717) is 12.5 Å². The van der Waals surface area contributed by atoms with Gasteiger partial charge in [-0.3, -0.25) is 4.79 Å². The van der Waals surface area contributed by atoms with Gasteiger partial charge in [-0.1, -0.05) is 18.2 Å². The predicted octanol–water partition coefficient (Wildman–Crippen LogP) is 4.44. The maximum Gasteiger partial charge on any atom is 0.262 e. The van der Waals surface area contributed by atoms with Gasteiger partial charge in [0.15, 0.2) is 0 Å². The number of carbonyl (C=O) groups excluding carboxylic acids is 1. The lowest BCUT2D eigenvalue weighted by molar-refractivity contribution is 0.0928. The second-order valence-electron chi connectivity index (χ2n) is 7.38. The number of nitrogens with one attached hydrogen (secondary N) is 1. The minimum atomic E-state index is -0.0374. The molecule has 138 valence electrons. The minimum absolute atomic E-state index is 0.0266. The van der Waals surface area contributed by atoms with Crippen LogP contribution < -0.4 is 10.1 Å². The standard InChI is InChI=1S/C21H21N3O2S/c1-11-17-12(2)22-19(13-7-8-13)24-21(17)27-18(11)20(25)23-15-9-10-26-16-6-4-3-5-14(15)16/h3-6,13,15H,7-10H2,1-2H3,(H,23,25). The van der Waals surface area contributed by atoms with Crippen LogP contribution in [0.2, 0.25) is 0 Å². The fraction of sp³-hybridized carbons (Fsp3) is 0.381. The molecule has 1 saturated carbocycles. The van der Waals surface area contributed by atoms with Gasteiger partial charge >= 0.3 is 0 Å². The summed E-state index contributed by atoms with van der Waals surface area (Å²) in [5, 5.41) is 4.24. The van der Waals surface area contributed by atoms with E-state index < -0.39 is 0 Å². The van der Waals surface area contributed by atoms with Crippen LogP contribution in [-0.2, 0) is 0 Å². The second-order valence-corrected chi connectivity index (χ2v) is 8.38. The number of rotatable bonds is 3. The van der Waals surface area contributed by atoms with Gasteiger partial charge < -0.3 is 10.1 Å². The second kappa shape index (κ2) is 6.30. The fourth-order valence-electron chi connectivity index (χ4n) is 3.82. The van der Waals surface area contributed by atoms with Gasteiger partial charge in [0, 0.05) is 23.3 Å². The molecule has 1 atom stereocenters. The van der Waals surface area contributed by atoms with E-state index in [1.54, 1.807) is 0 Å². The molecule has 6 heteroatoms. The molecule has 3 heterocycles. The molecule has 5 rings (SSSR count). The summed E-state index contributed by atoms with van der Waals surface area (Å²) in [5.74, 6) is 2.26. The van der Waals surface area contributed by atoms with Crippen LogP contribution in [0.1, 0.15) is 63.5 Å². The van der Waals surface area contributed by atoms with Gasteiger partial charge in [0.25, 0.3) is 5.91 Å². The molecule has 27 heavy (non-hydrogen) atoms. The minimum Gasteiger partial charge on any atom is -0.493 e. The van der Waals surface area contributed by atoms with Crippen LogP contribution >= 0.6 is 11.3 Å². The van der Waals surface area contributed by atoms with Gasteiger partial charge in [-0.15, -0.1) is 11.3 Å². The van der Waals surface area contributed by atoms with Crippen molar-refractivity contribution in [2.75, 3.05) is 6.61 Å². The highest BCUT2D eigenvalue weighted by Crippen LogP contribution is 2.40. The molecule has 2 aliphatic rings. The van der Waals surface area contributed by atoms with Gasteiger partial charge in [0.05, 0.1) is 23.2 Å². The molecule has 0 radical (unpaired) electrons. The largest absolute Gasteiger partial charge is 0.493 e. The number of thiophene rings is 1. The van der Waals surface area contributed by atoms with Crippen molar-refractivity contribution in [1.82, 2.24) is 15.3 Å². The molecular formula is C21H21N3O2S. The lowest BCUT2D eigenvalue weighted by Crippen LogP contribution is -2.32. The van der Waals surface area contributed by atoms with Gasteiger partial charge in [-0.25, -0.2) is 9.97 Å². The van der Waals surface area contributed by atoms with E-state index in [0.717, 1.165) is 49.9 Å². The first kappa shape index (κ1) is 16.7. The van der Waals surface area contributed by atoms with Crippen LogP contribution in [-0.4, -0.2) is 22.5 Å². The molecule has 1 aliphatic carbocycles. The Bertz CT molecular complexity index is 1060. The lowest BCUT2D eigenvalue weighted by Gasteiger charge is -2.26. The number of aryl methyl sites for hydroxylation is 2. The first-order valence-corrected chi connectivity index (χ1v) is 10.2. The summed E-state index contributed by atoms with van der Waals surface area (Å²) >= 11 is 1.48. The Kier molecular flexibility index (Phi) is 3.90. The number of aromatic nitrogens is 2. The van der Waals surface area contributed by atoms with E-state index in [1.807, 2.05) is 38.1 Å². The van der Waals surface area contributed by atoms with E-state index >= 15 is 0 Å². The smallest absolute Gasteiger partial charge is 0.262 e. The molecule has 3 aromatic rings. The normalized spacial score (nSPS) is 18.8. The van der Waals surface area contributed by atoms with Gasteiger partial charge in [-0.05, 0) is 38.3 Å². The van der Waals surface area contributed by atoms with E-state index in [1.165, 1.54) is 24.2 Å². The number of para-hydroxylation sites is 1. The summed E-state index contributed by atoms with van der Waals surface area (Å²) in [6.45, 7) is 4.63. The SMILES string of the molecule is Cc1nc(C2CC2)nc2sc(C(=O)NC3CCOc4ccccc43)c(C)c12. The Morgan fingerprint density at radius 3 is 2.81 bits per heavy atom. The van der Waals surface area contributed by atoms with E-state index in [4.69, 9.17) is 9.72 Å². The van der Waals surface area contributed by atoms with Crippen molar-refractivity contribution in [3.63, 3.8) is 0 Å². The third-order valence-corrected chi connectivity index (χ3v) is 6.59. The summed E-state index contributed by atoms with van der Waals surface area (Å²) in [5.41, 5.74) is 3.00. The van der Waals surface area contributed by atoms with E-state index in [2.05, 4.69) is 10.3 Å². The number of carbonyl (C=O) groups is 1. The number of fused-ring (bicyclic) bond motifs is 2. The third-order valence-electron chi connectivity index (χ3n) is 5.40. The van der Waals surface area contributed by atoms with Crippen LogP contribution in [0.25, 0.3) is 10.2 Å². The maximum absolute atomic E-state index is 13.1. The van der Waals surface area contributed by atoms with Crippen LogP contribution in [0, 0.1) is 13.8 Å². The van der Waals surface area contributed by atoms with Crippen LogP contribution in [0.3, 0.4) is 0 Å². The summed E-state index contributed by atoms with van der Waals surface area (Å²) in [6.07, 6.45) is 3.12. The van der Waals surface area contributed by atoms with Crippen molar-refractivity contribution in [3.05, 3.63) is 51.8 Å². The number of hydrogen-bond acceptors (Lipinski definition) is 5. The van der Waals surface area contributed by atoms with E-state index in [9.17, 15) is 4.79 Å². The molecule has 1 N–H and O–H groups in total. The quantitative estimate of drug-likeness (QED) is 0.731. The lowest BCUT2D eigenvalue weighted by atomic mass is 10.0. The topological polar surface area (TPSA) is 64.1 Å². The summed E-state index contributed by atoms with van der Waals surface area (Å²) < 4.78 is 5.70. The van der Waals surface area contributed by atoms with Crippen molar-refractivity contribution in [2.24, 2.45) is 0 Å². The molecule has 1 unspecified atom stereocenters. The molecule has 1 fully saturated rings. The average Bonchev–Trinajstić information content (AvgIpc) is 3.46. The highest BCUT2D eigenvalue weighted by atomic mass is 32.1. The molecule has 1 aliphatic heterocycles. The molecular weight excluding hydrogens is 358 g/mol. The molecule has 1 amide bonds. The molecule has 1 aromatic carbocycles.